The molecule has 4 nitrogen and oxygen atoms in total. The van der Waals surface area contributed by atoms with E-state index in [1.807, 2.05) is 0 Å². The third-order valence-electron chi connectivity index (χ3n) is 2.08. The smallest absolute Gasteiger partial charge is 0.155 e. The normalized spacial score (nSPS) is 15.7. The van der Waals surface area contributed by atoms with Gasteiger partial charge in [-0.25, -0.2) is 9.97 Å². The van der Waals surface area contributed by atoms with E-state index in [-0.39, 0.29) is 12.2 Å². The van der Waals surface area contributed by atoms with Gasteiger partial charge in [0, 0.05) is 12.3 Å². The molecule has 1 heterocycles. The van der Waals surface area contributed by atoms with Crippen LogP contribution in [0.4, 0.5) is 0 Å². The van der Waals surface area contributed by atoms with Crippen LogP contribution in [0.15, 0.2) is 6.20 Å². The molecule has 1 aliphatic carbocycles. The fourth-order valence-electron chi connectivity index (χ4n) is 1.19. The van der Waals surface area contributed by atoms with Gasteiger partial charge in [-0.15, -0.1) is 0 Å². The minimum absolute atomic E-state index is 0.0106. The van der Waals surface area contributed by atoms with E-state index in [4.69, 9.17) is 0 Å². The summed E-state index contributed by atoms with van der Waals surface area (Å²) in [6.07, 6.45) is 4.50. The molecule has 2 rings (SSSR count). The van der Waals surface area contributed by atoms with E-state index in [2.05, 4.69) is 9.97 Å². The van der Waals surface area contributed by atoms with Gasteiger partial charge in [0.15, 0.2) is 5.75 Å². The molecule has 0 radical (unpaired) electrons. The molecular formula is C9H10N2O2. The Balaban J connectivity index is 2.29. The summed E-state index contributed by atoms with van der Waals surface area (Å²) in [5.74, 6) is 1.22. The van der Waals surface area contributed by atoms with Crippen molar-refractivity contribution in [2.45, 2.75) is 25.2 Å². The lowest BCUT2D eigenvalue weighted by atomic mass is 10.3. The molecule has 0 atom stereocenters. The van der Waals surface area contributed by atoms with Crippen molar-refractivity contribution in [3.63, 3.8) is 0 Å². The van der Waals surface area contributed by atoms with Gasteiger partial charge < -0.3 is 9.90 Å². The second kappa shape index (κ2) is 3.12. The van der Waals surface area contributed by atoms with Gasteiger partial charge in [0.05, 0.1) is 11.9 Å². The van der Waals surface area contributed by atoms with Crippen molar-refractivity contribution in [2.24, 2.45) is 0 Å². The van der Waals surface area contributed by atoms with Crippen molar-refractivity contribution in [3.8, 4) is 5.75 Å². The number of aromatic hydroxyl groups is 1. The van der Waals surface area contributed by atoms with Crippen LogP contribution in [0.5, 0.6) is 5.75 Å². The lowest BCUT2D eigenvalue weighted by Gasteiger charge is -2.01. The highest BCUT2D eigenvalue weighted by Gasteiger charge is 2.27. The Hall–Kier alpha value is -1.45. The lowest BCUT2D eigenvalue weighted by Crippen LogP contribution is -1.98. The first-order chi connectivity index (χ1) is 6.31. The zero-order chi connectivity index (χ0) is 9.26. The number of hydrogen-bond donors (Lipinski definition) is 1. The second-order valence-electron chi connectivity index (χ2n) is 3.21. The minimum Gasteiger partial charge on any atom is -0.504 e. The molecule has 0 amide bonds. The third kappa shape index (κ3) is 1.66. The monoisotopic (exact) mass is 178 g/mol. The standard InChI is InChI=1S/C9H10N2O2/c12-4-3-7-8(13)5-10-9(11-7)6-1-2-6/h4-6,13H,1-3H2. The van der Waals surface area contributed by atoms with Crippen molar-refractivity contribution >= 4 is 6.29 Å². The van der Waals surface area contributed by atoms with E-state index < -0.39 is 0 Å². The highest BCUT2D eigenvalue weighted by Crippen LogP contribution is 2.38. The van der Waals surface area contributed by atoms with Gasteiger partial charge in [0.2, 0.25) is 0 Å². The van der Waals surface area contributed by atoms with E-state index in [0.29, 0.717) is 11.6 Å². The molecule has 0 saturated heterocycles. The van der Waals surface area contributed by atoms with Crippen LogP contribution >= 0.6 is 0 Å². The Morgan fingerprint density at radius 1 is 1.62 bits per heavy atom. The lowest BCUT2D eigenvalue weighted by molar-refractivity contribution is -0.107. The molecule has 1 saturated carbocycles. The largest absolute Gasteiger partial charge is 0.504 e. The molecule has 0 aliphatic heterocycles. The molecule has 4 heteroatoms. The predicted octanol–water partition coefficient (Wildman–Crippen LogP) is 0.801. The number of aldehydes is 1. The predicted molar refractivity (Wildman–Crippen MR) is 45.4 cm³/mol. The van der Waals surface area contributed by atoms with Crippen molar-refractivity contribution < 1.29 is 9.90 Å². The Kier molecular flexibility index (Phi) is 1.96. The van der Waals surface area contributed by atoms with E-state index in [9.17, 15) is 9.90 Å². The fourth-order valence-corrected chi connectivity index (χ4v) is 1.19. The summed E-state index contributed by atoms with van der Waals surface area (Å²) in [4.78, 5) is 18.4. The van der Waals surface area contributed by atoms with Gasteiger partial charge >= 0.3 is 0 Å². The maximum Gasteiger partial charge on any atom is 0.155 e. The number of hydrogen-bond acceptors (Lipinski definition) is 4. The van der Waals surface area contributed by atoms with Gasteiger partial charge in [-0.3, -0.25) is 0 Å². The van der Waals surface area contributed by atoms with Crippen LogP contribution in [-0.2, 0) is 11.2 Å². The SMILES string of the molecule is O=CCc1nc(C2CC2)ncc1O. The highest BCUT2D eigenvalue weighted by atomic mass is 16.3. The summed E-state index contributed by atoms with van der Waals surface area (Å²) in [6, 6.07) is 0. The van der Waals surface area contributed by atoms with E-state index in [1.54, 1.807) is 0 Å². The number of carbonyl (C=O) groups is 1. The maximum atomic E-state index is 10.3. The van der Waals surface area contributed by atoms with E-state index in [1.165, 1.54) is 6.20 Å². The maximum absolute atomic E-state index is 10.3. The quantitative estimate of drug-likeness (QED) is 0.695. The summed E-state index contributed by atoms with van der Waals surface area (Å²) in [5, 5.41) is 9.28. The van der Waals surface area contributed by atoms with Crippen LogP contribution in [0, 0.1) is 0 Å². The van der Waals surface area contributed by atoms with Crippen LogP contribution in [0.3, 0.4) is 0 Å². The number of carbonyl (C=O) groups excluding carboxylic acids is 1. The fraction of sp³-hybridized carbons (Fsp3) is 0.444. The van der Waals surface area contributed by atoms with Crippen LogP contribution in [-0.4, -0.2) is 21.4 Å². The summed E-state index contributed by atoms with van der Waals surface area (Å²) < 4.78 is 0. The molecule has 0 bridgehead atoms. The van der Waals surface area contributed by atoms with Crippen LogP contribution in [0.25, 0.3) is 0 Å². The Bertz CT molecular complexity index is 334. The summed E-state index contributed by atoms with van der Waals surface area (Å²) >= 11 is 0. The van der Waals surface area contributed by atoms with Crippen LogP contribution in [0.1, 0.15) is 30.3 Å². The molecule has 13 heavy (non-hydrogen) atoms. The zero-order valence-electron chi connectivity index (χ0n) is 7.10. The van der Waals surface area contributed by atoms with Crippen molar-refractivity contribution in [1.29, 1.82) is 0 Å². The van der Waals surface area contributed by atoms with Crippen LogP contribution in [0.2, 0.25) is 0 Å². The first-order valence-electron chi connectivity index (χ1n) is 4.29. The van der Waals surface area contributed by atoms with Gasteiger partial charge in [-0.1, -0.05) is 0 Å². The first kappa shape index (κ1) is 8.16. The van der Waals surface area contributed by atoms with Crippen molar-refractivity contribution in [3.05, 3.63) is 17.7 Å². The average Bonchev–Trinajstić information content (AvgIpc) is 2.92. The molecule has 68 valence electrons. The Morgan fingerprint density at radius 2 is 2.38 bits per heavy atom. The zero-order valence-corrected chi connectivity index (χ0v) is 7.10. The van der Waals surface area contributed by atoms with Crippen LogP contribution < -0.4 is 0 Å². The number of nitrogens with zero attached hydrogens (tertiary/aromatic N) is 2. The number of aromatic nitrogens is 2. The van der Waals surface area contributed by atoms with E-state index in [0.717, 1.165) is 25.0 Å². The molecular weight excluding hydrogens is 168 g/mol. The Labute approximate surface area is 75.6 Å². The minimum atomic E-state index is 0.0106. The van der Waals surface area contributed by atoms with Gasteiger partial charge in [0.1, 0.15) is 12.1 Å². The molecule has 1 fully saturated rings. The highest BCUT2D eigenvalue weighted by molar-refractivity contribution is 5.55. The van der Waals surface area contributed by atoms with E-state index >= 15 is 0 Å². The topological polar surface area (TPSA) is 63.1 Å². The Morgan fingerprint density at radius 3 is 3.00 bits per heavy atom. The second-order valence-corrected chi connectivity index (χ2v) is 3.21. The van der Waals surface area contributed by atoms with Crippen molar-refractivity contribution in [2.75, 3.05) is 0 Å². The van der Waals surface area contributed by atoms with Crippen molar-refractivity contribution in [1.82, 2.24) is 9.97 Å². The average molecular weight is 178 g/mol. The van der Waals surface area contributed by atoms with Gasteiger partial charge in [0.25, 0.3) is 0 Å². The summed E-state index contributed by atoms with van der Waals surface area (Å²) in [5.41, 5.74) is 0.437. The molecule has 0 unspecified atom stereocenters. The summed E-state index contributed by atoms with van der Waals surface area (Å²) in [7, 11) is 0. The summed E-state index contributed by atoms with van der Waals surface area (Å²) in [6.45, 7) is 0. The van der Waals surface area contributed by atoms with Gasteiger partial charge in [-0.2, -0.15) is 0 Å². The first-order valence-corrected chi connectivity index (χ1v) is 4.29. The molecule has 1 aromatic rings. The molecule has 1 aliphatic rings. The molecule has 1 aromatic heterocycles. The molecule has 0 aromatic carbocycles. The third-order valence-corrected chi connectivity index (χ3v) is 2.08. The number of rotatable bonds is 3. The molecule has 1 N–H and O–H groups in total. The molecule has 0 spiro atoms. The van der Waals surface area contributed by atoms with Gasteiger partial charge in [-0.05, 0) is 12.8 Å².